The Balaban J connectivity index is 2.07. The fourth-order valence-electron chi connectivity index (χ4n) is 1.81. The molecule has 1 aromatic rings. The lowest BCUT2D eigenvalue weighted by Gasteiger charge is -2.26. The molecule has 1 heterocycles. The molecule has 1 N–H and O–H groups in total. The van der Waals surface area contributed by atoms with Crippen molar-refractivity contribution in [2.45, 2.75) is 32.2 Å². The van der Waals surface area contributed by atoms with Crippen molar-refractivity contribution in [2.75, 3.05) is 5.32 Å². The summed E-state index contributed by atoms with van der Waals surface area (Å²) in [6, 6.07) is 3.13. The topological polar surface area (TPSA) is 68.1 Å². The summed E-state index contributed by atoms with van der Waals surface area (Å²) in [5.74, 6) is 1.38. The van der Waals surface area contributed by atoms with E-state index in [0.29, 0.717) is 11.7 Å². The largest absolute Gasteiger partial charge is 0.365 e. The van der Waals surface area contributed by atoms with E-state index in [2.05, 4.69) is 24.1 Å². The molecule has 0 saturated heterocycles. The SMILES string of the molecule is CC(C)(Nc1ccc([N+](=O)[O-])cn1)C1CC1. The van der Waals surface area contributed by atoms with Crippen LogP contribution in [0.3, 0.4) is 0 Å². The van der Waals surface area contributed by atoms with Gasteiger partial charge in [-0.3, -0.25) is 10.1 Å². The number of nitrogens with zero attached hydrogens (tertiary/aromatic N) is 2. The number of nitro groups is 1. The normalized spacial score (nSPS) is 15.9. The molecule has 0 aliphatic heterocycles. The van der Waals surface area contributed by atoms with E-state index in [0.717, 1.165) is 0 Å². The van der Waals surface area contributed by atoms with Crippen molar-refractivity contribution in [2.24, 2.45) is 5.92 Å². The average molecular weight is 221 g/mol. The molecule has 5 nitrogen and oxygen atoms in total. The van der Waals surface area contributed by atoms with Crippen molar-refractivity contribution in [3.05, 3.63) is 28.4 Å². The third-order valence-corrected chi connectivity index (χ3v) is 3.01. The maximum absolute atomic E-state index is 10.5. The molecular formula is C11H15N3O2. The number of hydrogen-bond acceptors (Lipinski definition) is 4. The first kappa shape index (κ1) is 10.9. The van der Waals surface area contributed by atoms with Gasteiger partial charge in [-0.15, -0.1) is 0 Å². The number of rotatable bonds is 4. The van der Waals surface area contributed by atoms with Crippen LogP contribution in [0.25, 0.3) is 0 Å². The second-order valence-electron chi connectivity index (χ2n) is 4.78. The third-order valence-electron chi connectivity index (χ3n) is 3.01. The first-order valence-electron chi connectivity index (χ1n) is 5.38. The zero-order valence-electron chi connectivity index (χ0n) is 9.43. The van der Waals surface area contributed by atoms with Crippen molar-refractivity contribution >= 4 is 11.5 Å². The van der Waals surface area contributed by atoms with Gasteiger partial charge in [-0.2, -0.15) is 0 Å². The highest BCUT2D eigenvalue weighted by Crippen LogP contribution is 2.40. The molecule has 0 spiro atoms. The van der Waals surface area contributed by atoms with Gasteiger partial charge in [-0.25, -0.2) is 4.98 Å². The predicted molar refractivity (Wildman–Crippen MR) is 61.3 cm³/mol. The summed E-state index contributed by atoms with van der Waals surface area (Å²) in [4.78, 5) is 14.1. The monoisotopic (exact) mass is 221 g/mol. The van der Waals surface area contributed by atoms with E-state index in [4.69, 9.17) is 0 Å². The molecule has 1 saturated carbocycles. The Kier molecular flexibility index (Phi) is 2.53. The minimum atomic E-state index is -0.442. The summed E-state index contributed by atoms with van der Waals surface area (Å²) >= 11 is 0. The smallest absolute Gasteiger partial charge is 0.287 e. The van der Waals surface area contributed by atoms with E-state index >= 15 is 0 Å². The second-order valence-corrected chi connectivity index (χ2v) is 4.78. The highest BCUT2D eigenvalue weighted by molar-refractivity contribution is 5.42. The van der Waals surface area contributed by atoms with Crippen molar-refractivity contribution in [1.29, 1.82) is 0 Å². The Morgan fingerprint density at radius 2 is 2.19 bits per heavy atom. The van der Waals surface area contributed by atoms with Gasteiger partial charge >= 0.3 is 0 Å². The van der Waals surface area contributed by atoms with E-state index in [9.17, 15) is 10.1 Å². The summed E-state index contributed by atoms with van der Waals surface area (Å²) in [6.07, 6.45) is 3.77. The first-order chi connectivity index (χ1) is 7.49. The van der Waals surface area contributed by atoms with Crippen molar-refractivity contribution in [1.82, 2.24) is 4.98 Å². The lowest BCUT2D eigenvalue weighted by Crippen LogP contribution is -2.33. The highest BCUT2D eigenvalue weighted by Gasteiger charge is 2.37. The van der Waals surface area contributed by atoms with Gasteiger partial charge in [0.1, 0.15) is 12.0 Å². The third kappa shape index (κ3) is 2.29. The molecule has 0 bridgehead atoms. The lowest BCUT2D eigenvalue weighted by atomic mass is 9.99. The molecule has 16 heavy (non-hydrogen) atoms. The van der Waals surface area contributed by atoms with Crippen LogP contribution in [0.2, 0.25) is 0 Å². The standard InChI is InChI=1S/C11H15N3O2/c1-11(2,8-3-4-8)13-10-6-5-9(7-12-10)14(15)16/h5-8H,3-4H2,1-2H3,(H,12,13). The predicted octanol–water partition coefficient (Wildman–Crippen LogP) is 2.59. The van der Waals surface area contributed by atoms with E-state index in [-0.39, 0.29) is 11.2 Å². The van der Waals surface area contributed by atoms with Gasteiger partial charge in [0.2, 0.25) is 0 Å². The minimum absolute atomic E-state index is 0.0170. The van der Waals surface area contributed by atoms with Crippen LogP contribution < -0.4 is 5.32 Å². The zero-order valence-corrected chi connectivity index (χ0v) is 9.43. The summed E-state index contributed by atoms with van der Waals surface area (Å²) in [7, 11) is 0. The van der Waals surface area contributed by atoms with Gasteiger partial charge in [0.05, 0.1) is 4.92 Å². The number of nitrogens with one attached hydrogen (secondary N) is 1. The van der Waals surface area contributed by atoms with Crippen LogP contribution in [0.1, 0.15) is 26.7 Å². The minimum Gasteiger partial charge on any atom is -0.365 e. The molecule has 1 aromatic heterocycles. The fraction of sp³-hybridized carbons (Fsp3) is 0.545. The Bertz CT molecular complexity index is 396. The molecule has 0 amide bonds. The van der Waals surface area contributed by atoms with E-state index in [1.165, 1.54) is 25.1 Å². The van der Waals surface area contributed by atoms with Crippen LogP contribution in [-0.4, -0.2) is 15.4 Å². The maximum Gasteiger partial charge on any atom is 0.287 e. The van der Waals surface area contributed by atoms with Crippen molar-refractivity contribution in [3.63, 3.8) is 0 Å². The highest BCUT2D eigenvalue weighted by atomic mass is 16.6. The molecule has 86 valence electrons. The quantitative estimate of drug-likeness (QED) is 0.626. The molecular weight excluding hydrogens is 206 g/mol. The molecule has 0 atom stereocenters. The molecule has 1 fully saturated rings. The number of hydrogen-bond donors (Lipinski definition) is 1. The lowest BCUT2D eigenvalue weighted by molar-refractivity contribution is -0.385. The van der Waals surface area contributed by atoms with Gasteiger partial charge < -0.3 is 5.32 Å². The second kappa shape index (κ2) is 3.73. The van der Waals surface area contributed by atoms with E-state index in [1.807, 2.05) is 0 Å². The molecule has 1 aliphatic carbocycles. The summed E-state index contributed by atoms with van der Waals surface area (Å²) < 4.78 is 0. The zero-order chi connectivity index (χ0) is 11.8. The first-order valence-corrected chi connectivity index (χ1v) is 5.38. The molecule has 2 rings (SSSR count). The molecule has 1 aliphatic rings. The molecule has 5 heteroatoms. The van der Waals surface area contributed by atoms with Gasteiger partial charge in [-0.1, -0.05) is 0 Å². The summed E-state index contributed by atoms with van der Waals surface area (Å²) in [6.45, 7) is 4.27. The van der Waals surface area contributed by atoms with E-state index < -0.39 is 4.92 Å². The summed E-state index contributed by atoms with van der Waals surface area (Å²) in [5, 5.41) is 13.8. The average Bonchev–Trinajstić information content (AvgIpc) is 3.01. The van der Waals surface area contributed by atoms with Crippen LogP contribution in [0, 0.1) is 16.0 Å². The van der Waals surface area contributed by atoms with Crippen molar-refractivity contribution < 1.29 is 4.92 Å². The fourth-order valence-corrected chi connectivity index (χ4v) is 1.81. The summed E-state index contributed by atoms with van der Waals surface area (Å²) in [5.41, 5.74) is 0.0399. The molecule has 0 radical (unpaired) electrons. The molecule has 0 unspecified atom stereocenters. The van der Waals surface area contributed by atoms with Crippen LogP contribution in [-0.2, 0) is 0 Å². The Hall–Kier alpha value is -1.65. The van der Waals surface area contributed by atoms with Crippen LogP contribution in [0.4, 0.5) is 11.5 Å². The Labute approximate surface area is 94.0 Å². The van der Waals surface area contributed by atoms with Gasteiger partial charge in [-0.05, 0) is 38.7 Å². The Morgan fingerprint density at radius 1 is 1.50 bits per heavy atom. The van der Waals surface area contributed by atoms with Crippen LogP contribution in [0.5, 0.6) is 0 Å². The Morgan fingerprint density at radius 3 is 2.62 bits per heavy atom. The number of anilines is 1. The van der Waals surface area contributed by atoms with E-state index in [1.54, 1.807) is 6.07 Å². The van der Waals surface area contributed by atoms with Crippen LogP contribution in [0.15, 0.2) is 18.3 Å². The van der Waals surface area contributed by atoms with Gasteiger partial charge in [0.15, 0.2) is 0 Å². The molecule has 0 aromatic carbocycles. The van der Waals surface area contributed by atoms with Crippen molar-refractivity contribution in [3.8, 4) is 0 Å². The number of pyridine rings is 1. The van der Waals surface area contributed by atoms with Gasteiger partial charge in [0.25, 0.3) is 5.69 Å². The number of aromatic nitrogens is 1. The maximum atomic E-state index is 10.5. The van der Waals surface area contributed by atoms with Crippen LogP contribution >= 0.6 is 0 Å². The van der Waals surface area contributed by atoms with Gasteiger partial charge in [0, 0.05) is 11.6 Å².